The molecule has 1 saturated heterocycles. The van der Waals surface area contributed by atoms with Gasteiger partial charge in [0.05, 0.1) is 6.61 Å². The van der Waals surface area contributed by atoms with Gasteiger partial charge in [0.2, 0.25) is 0 Å². The lowest BCUT2D eigenvalue weighted by Crippen LogP contribution is -2.15. The van der Waals surface area contributed by atoms with Gasteiger partial charge >= 0.3 is 0 Å². The van der Waals surface area contributed by atoms with Crippen molar-refractivity contribution >= 4 is 6.08 Å². The summed E-state index contributed by atoms with van der Waals surface area (Å²) < 4.78 is 11.2. The van der Waals surface area contributed by atoms with Crippen molar-refractivity contribution in [3.05, 3.63) is 42.0 Å². The van der Waals surface area contributed by atoms with Gasteiger partial charge in [-0.15, -0.1) is 0 Å². The van der Waals surface area contributed by atoms with E-state index in [1.165, 1.54) is 5.56 Å². The summed E-state index contributed by atoms with van der Waals surface area (Å²) in [7, 11) is 0. The fraction of sp³-hybridized carbons (Fsp3) is 0.429. The van der Waals surface area contributed by atoms with Crippen LogP contribution < -0.4 is 0 Å². The van der Waals surface area contributed by atoms with Gasteiger partial charge in [-0.1, -0.05) is 50.3 Å². The van der Waals surface area contributed by atoms with Gasteiger partial charge in [0.25, 0.3) is 0 Å². The topological polar surface area (TPSA) is 21.8 Å². The average Bonchev–Trinajstić information content (AvgIpc) is 3.08. The highest BCUT2D eigenvalue weighted by atomic mass is 16.8. The van der Waals surface area contributed by atoms with Crippen LogP contribution in [-0.4, -0.2) is 12.4 Å². The second-order valence-electron chi connectivity index (χ2n) is 4.18. The summed E-state index contributed by atoms with van der Waals surface area (Å²) >= 11 is 0. The molecule has 0 radical (unpaired) electrons. The Balaban J connectivity index is 1.87. The van der Waals surface area contributed by atoms with Gasteiger partial charge < -0.3 is 9.47 Å². The Morgan fingerprint density at radius 1 is 1.44 bits per heavy atom. The first kappa shape index (κ1) is 11.4. The van der Waals surface area contributed by atoms with Gasteiger partial charge in [0, 0.05) is 6.42 Å². The monoisotopic (exact) mass is 218 g/mol. The molecule has 86 valence electrons. The van der Waals surface area contributed by atoms with Gasteiger partial charge in [0.1, 0.15) is 6.61 Å². The van der Waals surface area contributed by atoms with Gasteiger partial charge in [-0.2, -0.15) is 0 Å². The van der Waals surface area contributed by atoms with Crippen LogP contribution in [0.5, 0.6) is 0 Å². The molecule has 2 rings (SSSR count). The molecule has 2 heteroatoms. The molecule has 1 aliphatic heterocycles. The van der Waals surface area contributed by atoms with Crippen molar-refractivity contribution in [1.82, 2.24) is 0 Å². The van der Waals surface area contributed by atoms with E-state index in [4.69, 9.17) is 9.47 Å². The van der Waals surface area contributed by atoms with E-state index in [1.54, 1.807) is 0 Å². The Kier molecular flexibility index (Phi) is 3.42. The molecule has 0 amide bonds. The molecular formula is C14H18O2. The molecule has 1 aromatic rings. The molecule has 0 aromatic heterocycles. The zero-order valence-corrected chi connectivity index (χ0v) is 9.74. The largest absolute Gasteiger partial charge is 0.343 e. The number of benzene rings is 1. The average molecular weight is 218 g/mol. The first-order valence-electron chi connectivity index (χ1n) is 5.77. The third-order valence-corrected chi connectivity index (χ3v) is 2.81. The highest BCUT2D eigenvalue weighted by molar-refractivity contribution is 5.47. The zero-order chi connectivity index (χ0) is 11.4. The minimum Gasteiger partial charge on any atom is -0.343 e. The van der Waals surface area contributed by atoms with Crippen LogP contribution in [0, 0.1) is 0 Å². The molecule has 0 N–H and O–H groups in total. The van der Waals surface area contributed by atoms with Crippen LogP contribution in [0.25, 0.3) is 6.08 Å². The van der Waals surface area contributed by atoms with Crippen LogP contribution >= 0.6 is 0 Å². The Morgan fingerprint density at radius 2 is 2.12 bits per heavy atom. The first-order valence-corrected chi connectivity index (χ1v) is 5.77. The molecule has 1 unspecified atom stereocenters. The van der Waals surface area contributed by atoms with Crippen molar-refractivity contribution in [3.63, 3.8) is 0 Å². The van der Waals surface area contributed by atoms with Gasteiger partial charge in [-0.3, -0.25) is 0 Å². The summed E-state index contributed by atoms with van der Waals surface area (Å²) in [6.45, 7) is 7.24. The molecule has 0 aliphatic carbocycles. The van der Waals surface area contributed by atoms with Crippen molar-refractivity contribution < 1.29 is 9.47 Å². The smallest absolute Gasteiger partial charge is 0.192 e. The van der Waals surface area contributed by atoms with E-state index in [0.717, 1.165) is 25.0 Å². The molecule has 1 fully saturated rings. The minimum absolute atomic E-state index is 0.272. The highest BCUT2D eigenvalue weighted by Crippen LogP contribution is 2.34. The third-order valence-electron chi connectivity index (χ3n) is 2.81. The summed E-state index contributed by atoms with van der Waals surface area (Å²) in [5.74, 6) is -0.272. The number of epoxide rings is 1. The maximum Gasteiger partial charge on any atom is 0.192 e. The van der Waals surface area contributed by atoms with Crippen LogP contribution in [0.1, 0.15) is 30.9 Å². The summed E-state index contributed by atoms with van der Waals surface area (Å²) in [6, 6.07) is 8.23. The van der Waals surface area contributed by atoms with E-state index in [9.17, 15) is 0 Å². The van der Waals surface area contributed by atoms with Crippen molar-refractivity contribution in [3.8, 4) is 0 Å². The van der Waals surface area contributed by atoms with Crippen molar-refractivity contribution in [2.75, 3.05) is 6.61 Å². The molecule has 1 atom stereocenters. The molecule has 0 saturated carbocycles. The fourth-order valence-corrected chi connectivity index (χ4v) is 1.73. The number of hydrogen-bond acceptors (Lipinski definition) is 2. The summed E-state index contributed by atoms with van der Waals surface area (Å²) in [6.07, 6.45) is 3.92. The molecule has 1 heterocycles. The molecule has 0 bridgehead atoms. The van der Waals surface area contributed by atoms with E-state index < -0.39 is 0 Å². The zero-order valence-electron chi connectivity index (χ0n) is 9.74. The third kappa shape index (κ3) is 2.71. The van der Waals surface area contributed by atoms with E-state index >= 15 is 0 Å². The summed E-state index contributed by atoms with van der Waals surface area (Å²) in [5.41, 5.74) is 2.31. The number of rotatable bonds is 6. The van der Waals surface area contributed by atoms with Crippen LogP contribution in [-0.2, 0) is 16.1 Å². The summed E-state index contributed by atoms with van der Waals surface area (Å²) in [5, 5.41) is 0. The predicted molar refractivity (Wildman–Crippen MR) is 64.9 cm³/mol. The van der Waals surface area contributed by atoms with E-state index in [1.807, 2.05) is 18.2 Å². The second-order valence-corrected chi connectivity index (χ2v) is 4.18. The predicted octanol–water partition coefficient (Wildman–Crippen LogP) is 3.37. The van der Waals surface area contributed by atoms with E-state index in [-0.39, 0.29) is 5.79 Å². The number of hydrogen-bond donors (Lipinski definition) is 0. The Bertz CT molecular complexity index is 350. The van der Waals surface area contributed by atoms with Gasteiger partial charge in [-0.05, 0) is 11.1 Å². The minimum atomic E-state index is -0.272. The maximum atomic E-state index is 5.79. The highest BCUT2D eigenvalue weighted by Gasteiger charge is 2.45. The van der Waals surface area contributed by atoms with Crippen LogP contribution in [0.15, 0.2) is 30.8 Å². The van der Waals surface area contributed by atoms with Gasteiger partial charge in [-0.25, -0.2) is 0 Å². The lowest BCUT2D eigenvalue weighted by molar-refractivity contribution is -0.0593. The van der Waals surface area contributed by atoms with Crippen LogP contribution in [0.2, 0.25) is 0 Å². The normalized spacial score (nSPS) is 23.1. The molecule has 16 heavy (non-hydrogen) atoms. The Hall–Kier alpha value is -1.12. The SMILES string of the molecule is C=Cc1ccc(COC2(CCC)CO2)cc1. The second kappa shape index (κ2) is 4.81. The molecular weight excluding hydrogens is 200 g/mol. The first-order chi connectivity index (χ1) is 7.78. The lowest BCUT2D eigenvalue weighted by Gasteiger charge is -2.12. The van der Waals surface area contributed by atoms with E-state index in [0.29, 0.717) is 6.61 Å². The van der Waals surface area contributed by atoms with E-state index in [2.05, 4.69) is 25.6 Å². The molecule has 0 spiro atoms. The van der Waals surface area contributed by atoms with Crippen molar-refractivity contribution in [1.29, 1.82) is 0 Å². The standard InChI is InChI=1S/C14H18O2/c1-3-9-14(11-16-14)15-10-13-7-5-12(4-2)6-8-13/h4-8H,2-3,9-11H2,1H3. The Labute approximate surface area is 96.9 Å². The lowest BCUT2D eigenvalue weighted by atomic mass is 10.1. The quantitative estimate of drug-likeness (QED) is 0.683. The number of ether oxygens (including phenoxy) is 2. The van der Waals surface area contributed by atoms with Crippen LogP contribution in [0.3, 0.4) is 0 Å². The molecule has 2 nitrogen and oxygen atoms in total. The molecule has 1 aliphatic rings. The van der Waals surface area contributed by atoms with Crippen LogP contribution in [0.4, 0.5) is 0 Å². The van der Waals surface area contributed by atoms with Gasteiger partial charge in [0.15, 0.2) is 5.79 Å². The molecule has 1 aromatic carbocycles. The van der Waals surface area contributed by atoms with Crippen molar-refractivity contribution in [2.24, 2.45) is 0 Å². The summed E-state index contributed by atoms with van der Waals surface area (Å²) in [4.78, 5) is 0. The Morgan fingerprint density at radius 3 is 2.62 bits per heavy atom. The maximum absolute atomic E-state index is 5.79. The fourth-order valence-electron chi connectivity index (χ4n) is 1.73. The van der Waals surface area contributed by atoms with Crippen molar-refractivity contribution in [2.45, 2.75) is 32.2 Å².